The van der Waals surface area contributed by atoms with Gasteiger partial charge in [-0.15, -0.1) is 10.2 Å². The van der Waals surface area contributed by atoms with E-state index in [-0.39, 0.29) is 10.9 Å². The molecule has 0 bridgehead atoms. The van der Waals surface area contributed by atoms with E-state index in [1.54, 1.807) is 16.9 Å². The summed E-state index contributed by atoms with van der Waals surface area (Å²) in [5.41, 5.74) is 7.18. The molecule has 0 saturated carbocycles. The number of furan rings is 1. The maximum absolute atomic E-state index is 12.8. The molecule has 0 fully saturated rings. The van der Waals surface area contributed by atoms with Gasteiger partial charge in [0.15, 0.2) is 10.9 Å². The van der Waals surface area contributed by atoms with E-state index in [4.69, 9.17) is 26.8 Å². The average molecular weight is 618 g/mol. The van der Waals surface area contributed by atoms with Gasteiger partial charge in [-0.1, -0.05) is 28.1 Å². The Labute approximate surface area is 246 Å². The monoisotopic (exact) mass is 616 g/mol. The molecule has 5 rings (SSSR count). The van der Waals surface area contributed by atoms with E-state index in [0.717, 1.165) is 51.1 Å². The number of nitrogens with one attached hydrogen (secondary N) is 2. The number of hydrogen-bond donors (Lipinski definition) is 2. The highest BCUT2D eigenvalue weighted by Crippen LogP contribution is 2.26. The largest absolute Gasteiger partial charge is 0.451 e. The molecule has 1 amide bonds. The molecule has 0 unspecified atom stereocenters. The summed E-state index contributed by atoms with van der Waals surface area (Å²) in [6.07, 6.45) is 0. The Hall–Kier alpha value is -4.02. The molecule has 0 radical (unpaired) electrons. The normalized spacial score (nSPS) is 11.0. The van der Waals surface area contributed by atoms with E-state index in [9.17, 15) is 4.79 Å². The van der Waals surface area contributed by atoms with E-state index >= 15 is 0 Å². The van der Waals surface area contributed by atoms with Gasteiger partial charge in [-0.25, -0.2) is 0 Å². The van der Waals surface area contributed by atoms with Crippen molar-refractivity contribution in [2.75, 3.05) is 23.3 Å². The lowest BCUT2D eigenvalue weighted by Crippen LogP contribution is -2.34. The molecule has 0 aliphatic rings. The minimum Gasteiger partial charge on any atom is -0.451 e. The zero-order chi connectivity index (χ0) is 28.4. The minimum atomic E-state index is -0.436. The maximum Gasteiger partial charge on any atom is 0.293 e. The fourth-order valence-electron chi connectivity index (χ4n) is 4.51. The number of benzene rings is 3. The average Bonchev–Trinajstić information content (AvgIpc) is 3.58. The first-order valence-corrected chi connectivity index (χ1v) is 14.2. The second-order valence-corrected chi connectivity index (χ2v) is 10.7. The lowest BCUT2D eigenvalue weighted by molar-refractivity contribution is 0.0951. The van der Waals surface area contributed by atoms with Gasteiger partial charge in [-0.05, 0) is 106 Å². The van der Waals surface area contributed by atoms with Crippen molar-refractivity contribution in [1.82, 2.24) is 20.3 Å². The number of halogens is 1. The van der Waals surface area contributed by atoms with E-state index in [0.29, 0.717) is 11.3 Å². The molecule has 5 aromatic rings. The summed E-state index contributed by atoms with van der Waals surface area (Å²) in [5, 5.41) is 15.4. The SMILES string of the molecule is CCN(CC)c1ccc(-n2nc3cc(C)c(NC(=S)NC(=O)c4ccc(-c5ccc(Br)cc5)o4)cc3n2)c(C)c1. The molecule has 204 valence electrons. The third-order valence-electron chi connectivity index (χ3n) is 6.68. The lowest BCUT2D eigenvalue weighted by Gasteiger charge is -2.22. The Morgan fingerprint density at radius 1 is 0.950 bits per heavy atom. The molecule has 0 aliphatic heterocycles. The first-order valence-electron chi connectivity index (χ1n) is 13.0. The van der Waals surface area contributed by atoms with Gasteiger partial charge in [0.1, 0.15) is 16.8 Å². The second kappa shape index (κ2) is 11.6. The molecule has 40 heavy (non-hydrogen) atoms. The summed E-state index contributed by atoms with van der Waals surface area (Å²) in [7, 11) is 0. The number of rotatable bonds is 7. The summed E-state index contributed by atoms with van der Waals surface area (Å²) < 4.78 is 6.72. The van der Waals surface area contributed by atoms with Gasteiger partial charge in [0.05, 0.1) is 5.69 Å². The molecule has 8 nitrogen and oxygen atoms in total. The van der Waals surface area contributed by atoms with Crippen LogP contribution in [0.25, 0.3) is 28.0 Å². The number of hydrogen-bond acceptors (Lipinski definition) is 6. The number of anilines is 2. The fourth-order valence-corrected chi connectivity index (χ4v) is 4.97. The van der Waals surface area contributed by atoms with Crippen LogP contribution in [0.15, 0.2) is 75.6 Å². The Balaban J connectivity index is 1.30. The van der Waals surface area contributed by atoms with E-state index in [1.807, 2.05) is 43.3 Å². The number of carbonyl (C=O) groups is 1. The minimum absolute atomic E-state index is 0.157. The fraction of sp³-hybridized carbons (Fsp3) is 0.200. The number of carbonyl (C=O) groups excluding carboxylic acids is 1. The van der Waals surface area contributed by atoms with Crippen LogP contribution in [0.1, 0.15) is 35.5 Å². The molecule has 2 heterocycles. The van der Waals surface area contributed by atoms with Crippen molar-refractivity contribution in [3.05, 3.63) is 88.1 Å². The first kappa shape index (κ1) is 27.5. The van der Waals surface area contributed by atoms with E-state index in [2.05, 4.69) is 70.4 Å². The smallest absolute Gasteiger partial charge is 0.293 e. The van der Waals surface area contributed by atoms with Crippen LogP contribution in [0.5, 0.6) is 0 Å². The summed E-state index contributed by atoms with van der Waals surface area (Å²) in [5.74, 6) is 0.326. The molecular weight excluding hydrogens is 588 g/mol. The molecule has 2 aromatic heterocycles. The number of aryl methyl sites for hydroxylation is 2. The van der Waals surface area contributed by atoms with Crippen molar-refractivity contribution < 1.29 is 9.21 Å². The van der Waals surface area contributed by atoms with Gasteiger partial charge in [0.25, 0.3) is 5.91 Å². The van der Waals surface area contributed by atoms with Crippen LogP contribution in [0.3, 0.4) is 0 Å². The van der Waals surface area contributed by atoms with Crippen LogP contribution < -0.4 is 15.5 Å². The van der Waals surface area contributed by atoms with Crippen LogP contribution in [-0.4, -0.2) is 39.1 Å². The molecule has 0 spiro atoms. The van der Waals surface area contributed by atoms with Gasteiger partial charge >= 0.3 is 0 Å². The van der Waals surface area contributed by atoms with Crippen molar-refractivity contribution in [3.63, 3.8) is 0 Å². The van der Waals surface area contributed by atoms with Gasteiger partial charge in [-0.2, -0.15) is 4.80 Å². The van der Waals surface area contributed by atoms with Crippen LogP contribution in [0, 0.1) is 13.8 Å². The van der Waals surface area contributed by atoms with Crippen molar-refractivity contribution in [3.8, 4) is 17.0 Å². The van der Waals surface area contributed by atoms with Gasteiger partial charge in [-0.3, -0.25) is 10.1 Å². The summed E-state index contributed by atoms with van der Waals surface area (Å²) in [6.45, 7) is 10.2. The zero-order valence-corrected chi connectivity index (χ0v) is 25.1. The molecule has 2 N–H and O–H groups in total. The molecule has 3 aromatic carbocycles. The number of amides is 1. The summed E-state index contributed by atoms with van der Waals surface area (Å²) in [4.78, 5) is 16.7. The summed E-state index contributed by atoms with van der Waals surface area (Å²) >= 11 is 8.84. The van der Waals surface area contributed by atoms with Gasteiger partial charge < -0.3 is 14.6 Å². The molecule has 0 saturated heterocycles. The highest BCUT2D eigenvalue weighted by atomic mass is 79.9. The Bertz CT molecular complexity index is 1710. The van der Waals surface area contributed by atoms with Crippen LogP contribution in [0.4, 0.5) is 11.4 Å². The second-order valence-electron chi connectivity index (χ2n) is 9.37. The van der Waals surface area contributed by atoms with Crippen molar-refractivity contribution >= 4 is 61.6 Å². The third kappa shape index (κ3) is 5.78. The topological polar surface area (TPSA) is 88.2 Å². The third-order valence-corrected chi connectivity index (χ3v) is 7.42. The zero-order valence-electron chi connectivity index (χ0n) is 22.7. The van der Waals surface area contributed by atoms with Crippen LogP contribution in [-0.2, 0) is 0 Å². The predicted molar refractivity (Wildman–Crippen MR) is 167 cm³/mol. The van der Waals surface area contributed by atoms with Gasteiger partial charge in [0.2, 0.25) is 0 Å². The Morgan fingerprint density at radius 2 is 1.65 bits per heavy atom. The standard InChI is InChI=1S/C30H29BrN6O2S/c1-5-36(6-2)22-11-12-26(19(4)15-22)37-34-24-16-18(3)23(17-25(24)35-37)32-30(40)33-29(38)28-14-13-27(39-28)20-7-9-21(31)10-8-20/h7-17H,5-6H2,1-4H3,(H2,32,33,38,40). The van der Waals surface area contributed by atoms with E-state index in [1.165, 1.54) is 5.69 Å². The molecule has 0 atom stereocenters. The maximum atomic E-state index is 12.8. The quantitative estimate of drug-likeness (QED) is 0.190. The van der Waals surface area contributed by atoms with Crippen molar-refractivity contribution in [1.29, 1.82) is 0 Å². The highest BCUT2D eigenvalue weighted by Gasteiger charge is 2.16. The van der Waals surface area contributed by atoms with Crippen molar-refractivity contribution in [2.45, 2.75) is 27.7 Å². The number of thiocarbonyl (C=S) groups is 1. The molecule has 10 heteroatoms. The lowest BCUT2D eigenvalue weighted by atomic mass is 10.1. The number of fused-ring (bicyclic) bond motifs is 1. The number of nitrogens with zero attached hydrogens (tertiary/aromatic N) is 4. The highest BCUT2D eigenvalue weighted by molar-refractivity contribution is 9.10. The van der Waals surface area contributed by atoms with Crippen molar-refractivity contribution in [2.24, 2.45) is 0 Å². The van der Waals surface area contributed by atoms with Crippen LogP contribution >= 0.6 is 28.1 Å². The molecule has 0 aliphatic carbocycles. The van der Waals surface area contributed by atoms with E-state index < -0.39 is 5.91 Å². The molecular formula is C30H29BrN6O2S. The predicted octanol–water partition coefficient (Wildman–Crippen LogP) is 7.03. The Kier molecular flexibility index (Phi) is 7.99. The van der Waals surface area contributed by atoms with Crippen LogP contribution in [0.2, 0.25) is 0 Å². The van der Waals surface area contributed by atoms with Gasteiger partial charge in [0, 0.05) is 34.5 Å². The summed E-state index contributed by atoms with van der Waals surface area (Å²) in [6, 6.07) is 21.2. The first-order chi connectivity index (χ1) is 19.2. The Morgan fingerprint density at radius 3 is 2.33 bits per heavy atom. The number of aromatic nitrogens is 3.